The van der Waals surface area contributed by atoms with Crippen LogP contribution in [-0.2, 0) is 6.61 Å². The van der Waals surface area contributed by atoms with Crippen LogP contribution in [0.15, 0.2) is 76.0 Å². The highest BCUT2D eigenvalue weighted by Gasteiger charge is 2.10. The van der Waals surface area contributed by atoms with E-state index in [1.807, 2.05) is 79.7 Å². The van der Waals surface area contributed by atoms with Crippen molar-refractivity contribution in [3.63, 3.8) is 0 Å². The Labute approximate surface area is 200 Å². The molecule has 0 aliphatic heterocycles. The Morgan fingerprint density at radius 2 is 1.91 bits per heavy atom. The van der Waals surface area contributed by atoms with Crippen molar-refractivity contribution in [1.29, 1.82) is 5.26 Å². The number of hydrogen-bond acceptors (Lipinski definition) is 6. The van der Waals surface area contributed by atoms with Crippen molar-refractivity contribution in [2.75, 3.05) is 6.61 Å². The van der Waals surface area contributed by atoms with E-state index < -0.39 is 0 Å². The molecule has 160 valence electrons. The second-order valence-electron chi connectivity index (χ2n) is 6.72. The van der Waals surface area contributed by atoms with Crippen LogP contribution in [0.2, 0.25) is 5.02 Å². The van der Waals surface area contributed by atoms with Crippen LogP contribution < -0.4 is 9.47 Å². The lowest BCUT2D eigenvalue weighted by molar-refractivity contribution is 0.269. The van der Waals surface area contributed by atoms with Gasteiger partial charge in [0.05, 0.1) is 21.7 Å². The normalized spacial score (nSPS) is 11.3. The molecule has 0 spiro atoms. The van der Waals surface area contributed by atoms with Gasteiger partial charge >= 0.3 is 0 Å². The number of nitriles is 1. The van der Waals surface area contributed by atoms with E-state index in [-0.39, 0.29) is 0 Å². The fraction of sp³-hybridized carbons (Fsp3) is 0.120. The molecule has 4 aromatic rings. The molecule has 0 N–H and O–H groups in total. The average molecular weight is 479 g/mol. The predicted octanol–water partition coefficient (Wildman–Crippen LogP) is 7.58. The average Bonchev–Trinajstić information content (AvgIpc) is 3.22. The molecule has 3 aromatic carbocycles. The maximum absolute atomic E-state index is 9.65. The number of benzene rings is 3. The summed E-state index contributed by atoms with van der Waals surface area (Å²) < 4.78 is 13.7. The van der Waals surface area contributed by atoms with E-state index in [0.717, 1.165) is 25.7 Å². The standard InChI is InChI=1S/C25H19ClN2O2S2/c1-2-29-23-14-18(9-12-22(23)30-16-17-7-10-19(26)11-8-17)13-20(15-27)31-25-28-21-5-3-4-6-24(21)32-25/h3-14H,2,16H2,1H3/b20-13+. The fourth-order valence-electron chi connectivity index (χ4n) is 2.97. The number of thioether (sulfide) groups is 1. The van der Waals surface area contributed by atoms with E-state index in [0.29, 0.717) is 34.6 Å². The number of halogens is 1. The molecule has 0 saturated heterocycles. The zero-order valence-electron chi connectivity index (χ0n) is 17.2. The Bertz CT molecular complexity index is 1260. The van der Waals surface area contributed by atoms with Gasteiger partial charge in [-0.2, -0.15) is 5.26 Å². The molecule has 0 aliphatic rings. The zero-order valence-corrected chi connectivity index (χ0v) is 19.6. The largest absolute Gasteiger partial charge is 0.490 e. The third-order valence-electron chi connectivity index (χ3n) is 4.45. The van der Waals surface area contributed by atoms with Gasteiger partial charge in [0, 0.05) is 5.02 Å². The monoisotopic (exact) mass is 478 g/mol. The summed E-state index contributed by atoms with van der Waals surface area (Å²) in [4.78, 5) is 5.16. The Kier molecular flexibility index (Phi) is 7.33. The van der Waals surface area contributed by atoms with Crippen LogP contribution >= 0.6 is 34.7 Å². The Balaban J connectivity index is 1.52. The highest BCUT2D eigenvalue weighted by Crippen LogP contribution is 2.36. The zero-order chi connectivity index (χ0) is 22.3. The van der Waals surface area contributed by atoms with Gasteiger partial charge in [0.15, 0.2) is 15.8 Å². The molecule has 4 rings (SSSR count). The third-order valence-corrected chi connectivity index (χ3v) is 6.73. The minimum absolute atomic E-state index is 0.406. The smallest absolute Gasteiger partial charge is 0.161 e. The van der Waals surface area contributed by atoms with Crippen molar-refractivity contribution in [2.45, 2.75) is 17.9 Å². The number of nitrogens with zero attached hydrogens (tertiary/aromatic N) is 2. The lowest BCUT2D eigenvalue weighted by Gasteiger charge is -2.13. The molecule has 4 nitrogen and oxygen atoms in total. The fourth-order valence-corrected chi connectivity index (χ4v) is 5.07. The van der Waals surface area contributed by atoms with E-state index in [1.165, 1.54) is 11.8 Å². The molecule has 0 amide bonds. The van der Waals surface area contributed by atoms with Crippen LogP contribution in [0, 0.1) is 11.3 Å². The molecule has 0 fully saturated rings. The summed E-state index contributed by atoms with van der Waals surface area (Å²) in [6.45, 7) is 2.84. The van der Waals surface area contributed by atoms with E-state index in [1.54, 1.807) is 11.3 Å². The summed E-state index contributed by atoms with van der Waals surface area (Å²) in [5.74, 6) is 1.29. The van der Waals surface area contributed by atoms with Gasteiger partial charge in [-0.1, -0.05) is 41.9 Å². The lowest BCUT2D eigenvalue weighted by atomic mass is 10.2. The van der Waals surface area contributed by atoms with Gasteiger partial charge in [-0.15, -0.1) is 11.3 Å². The summed E-state index contributed by atoms with van der Waals surface area (Å²) in [5.41, 5.74) is 2.82. The first-order valence-electron chi connectivity index (χ1n) is 9.94. The van der Waals surface area contributed by atoms with Crippen molar-refractivity contribution in [1.82, 2.24) is 4.98 Å². The summed E-state index contributed by atoms with van der Waals surface area (Å²) in [6, 6.07) is 23.4. The van der Waals surface area contributed by atoms with Gasteiger partial charge in [-0.05, 0) is 72.3 Å². The molecule has 0 unspecified atom stereocenters. The number of fused-ring (bicyclic) bond motifs is 1. The molecule has 7 heteroatoms. The first kappa shape index (κ1) is 22.2. The number of hydrogen-bond donors (Lipinski definition) is 0. The SMILES string of the molecule is CCOc1cc(/C=C(\C#N)Sc2nc3ccccc3s2)ccc1OCc1ccc(Cl)cc1. The van der Waals surface area contributed by atoms with E-state index in [4.69, 9.17) is 21.1 Å². The van der Waals surface area contributed by atoms with Gasteiger partial charge in [0.25, 0.3) is 0 Å². The Hall–Kier alpha value is -2.98. The first-order chi connectivity index (χ1) is 15.6. The van der Waals surface area contributed by atoms with Crippen molar-refractivity contribution in [2.24, 2.45) is 0 Å². The Morgan fingerprint density at radius 1 is 1.09 bits per heavy atom. The molecule has 0 aliphatic carbocycles. The molecule has 0 atom stereocenters. The van der Waals surface area contributed by atoms with Crippen molar-refractivity contribution in [3.8, 4) is 17.6 Å². The molecule has 1 heterocycles. The van der Waals surface area contributed by atoms with Crippen molar-refractivity contribution >= 4 is 51.0 Å². The lowest BCUT2D eigenvalue weighted by Crippen LogP contribution is -2.00. The molecule has 0 bridgehead atoms. The maximum Gasteiger partial charge on any atom is 0.161 e. The topological polar surface area (TPSA) is 55.1 Å². The molecule has 1 aromatic heterocycles. The van der Waals surface area contributed by atoms with Gasteiger partial charge in [0.2, 0.25) is 0 Å². The van der Waals surface area contributed by atoms with Crippen molar-refractivity contribution in [3.05, 3.63) is 87.8 Å². The predicted molar refractivity (Wildman–Crippen MR) is 132 cm³/mol. The number of para-hydroxylation sites is 1. The quantitative estimate of drug-likeness (QED) is 0.193. The van der Waals surface area contributed by atoms with Crippen LogP contribution in [0.4, 0.5) is 0 Å². The Morgan fingerprint density at radius 3 is 2.66 bits per heavy atom. The van der Waals surface area contributed by atoms with Crippen molar-refractivity contribution < 1.29 is 9.47 Å². The minimum atomic E-state index is 0.406. The maximum atomic E-state index is 9.65. The second-order valence-corrected chi connectivity index (χ2v) is 9.48. The first-order valence-corrected chi connectivity index (χ1v) is 11.9. The van der Waals surface area contributed by atoms with Crippen LogP contribution in [0.3, 0.4) is 0 Å². The minimum Gasteiger partial charge on any atom is -0.490 e. The van der Waals surface area contributed by atoms with Crippen LogP contribution in [0.5, 0.6) is 11.5 Å². The molecule has 32 heavy (non-hydrogen) atoms. The van der Waals surface area contributed by atoms with Crippen LogP contribution in [-0.4, -0.2) is 11.6 Å². The number of ether oxygens (including phenoxy) is 2. The van der Waals surface area contributed by atoms with Crippen LogP contribution in [0.1, 0.15) is 18.1 Å². The van der Waals surface area contributed by atoms with Gasteiger partial charge < -0.3 is 9.47 Å². The van der Waals surface area contributed by atoms with Gasteiger partial charge in [0.1, 0.15) is 12.7 Å². The summed E-state index contributed by atoms with van der Waals surface area (Å²) >= 11 is 8.89. The summed E-state index contributed by atoms with van der Waals surface area (Å²) in [6.07, 6.45) is 1.84. The number of thiazole rings is 1. The van der Waals surface area contributed by atoms with E-state index in [2.05, 4.69) is 11.1 Å². The van der Waals surface area contributed by atoms with E-state index >= 15 is 0 Å². The van der Waals surface area contributed by atoms with Gasteiger partial charge in [-0.3, -0.25) is 0 Å². The second kappa shape index (κ2) is 10.6. The third kappa shape index (κ3) is 5.63. The molecule has 0 saturated carbocycles. The highest BCUT2D eigenvalue weighted by molar-refractivity contribution is 8.05. The van der Waals surface area contributed by atoms with Crippen LogP contribution in [0.25, 0.3) is 16.3 Å². The van der Waals surface area contributed by atoms with E-state index in [9.17, 15) is 5.26 Å². The number of rotatable bonds is 8. The van der Waals surface area contributed by atoms with Gasteiger partial charge in [-0.25, -0.2) is 4.98 Å². The number of aromatic nitrogens is 1. The summed E-state index contributed by atoms with van der Waals surface area (Å²) in [7, 11) is 0. The summed E-state index contributed by atoms with van der Waals surface area (Å²) in [5, 5.41) is 10.3. The highest BCUT2D eigenvalue weighted by atomic mass is 35.5. The molecule has 0 radical (unpaired) electrons. The molecular weight excluding hydrogens is 460 g/mol. The number of allylic oxidation sites excluding steroid dienone is 1. The molecular formula is C25H19ClN2O2S2.